The van der Waals surface area contributed by atoms with Gasteiger partial charge in [0.1, 0.15) is 24.3 Å². The fourth-order valence-electron chi connectivity index (χ4n) is 2.87. The van der Waals surface area contributed by atoms with Crippen LogP contribution in [0.15, 0.2) is 24.7 Å². The van der Waals surface area contributed by atoms with Gasteiger partial charge in [-0.3, -0.25) is 0 Å². The summed E-state index contributed by atoms with van der Waals surface area (Å²) in [7, 11) is 1.48. The van der Waals surface area contributed by atoms with Crippen molar-refractivity contribution in [2.45, 2.75) is 31.9 Å². The van der Waals surface area contributed by atoms with E-state index in [1.165, 1.54) is 32.3 Å². The molecular weight excluding hydrogens is 346 g/mol. The summed E-state index contributed by atoms with van der Waals surface area (Å²) in [6.45, 7) is 2.17. The van der Waals surface area contributed by atoms with Crippen LogP contribution in [-0.2, 0) is 16.4 Å². The van der Waals surface area contributed by atoms with Crippen molar-refractivity contribution in [3.8, 4) is 6.07 Å². The van der Waals surface area contributed by atoms with Crippen molar-refractivity contribution in [3.63, 3.8) is 0 Å². The number of nitrogens with one attached hydrogen (secondary N) is 3. The molecule has 0 aliphatic carbocycles. The fourth-order valence-corrected chi connectivity index (χ4v) is 2.87. The van der Waals surface area contributed by atoms with Gasteiger partial charge in [-0.2, -0.15) is 5.26 Å². The molecule has 1 aliphatic heterocycles. The SMILES string of the molecule is COOCc1cnc(Nc2cnc(C#N)cn2)cc1NCC1CCCCN1. The molecule has 1 aliphatic rings. The van der Waals surface area contributed by atoms with Gasteiger partial charge < -0.3 is 16.0 Å². The molecule has 3 rings (SSSR count). The third kappa shape index (κ3) is 5.59. The third-order valence-electron chi connectivity index (χ3n) is 4.29. The highest BCUT2D eigenvalue weighted by atomic mass is 17.2. The summed E-state index contributed by atoms with van der Waals surface area (Å²) >= 11 is 0. The van der Waals surface area contributed by atoms with Gasteiger partial charge in [-0.05, 0) is 19.4 Å². The standard InChI is InChI=1S/C18H23N7O2/c1-26-27-12-13-8-23-17(25-18-11-21-15(7-19)10-24-18)6-16(13)22-9-14-4-2-3-5-20-14/h6,8,10-11,14,20H,2-5,9,12H2,1H3,(H2,22,23,24,25). The Hall–Kier alpha value is -2.80. The lowest BCUT2D eigenvalue weighted by molar-refractivity contribution is -0.282. The van der Waals surface area contributed by atoms with E-state index in [0.29, 0.717) is 24.3 Å². The van der Waals surface area contributed by atoms with Gasteiger partial charge in [0.2, 0.25) is 0 Å². The average molecular weight is 369 g/mol. The predicted molar refractivity (Wildman–Crippen MR) is 100 cm³/mol. The maximum Gasteiger partial charge on any atom is 0.158 e. The molecule has 3 heterocycles. The van der Waals surface area contributed by atoms with Crippen molar-refractivity contribution in [3.05, 3.63) is 35.9 Å². The van der Waals surface area contributed by atoms with E-state index in [1.54, 1.807) is 6.20 Å². The van der Waals surface area contributed by atoms with Gasteiger partial charge in [-0.25, -0.2) is 24.7 Å². The van der Waals surface area contributed by atoms with E-state index >= 15 is 0 Å². The Balaban J connectivity index is 1.71. The van der Waals surface area contributed by atoms with Gasteiger partial charge in [0.05, 0.1) is 19.5 Å². The number of pyridine rings is 1. The lowest BCUT2D eigenvalue weighted by Gasteiger charge is -2.24. The van der Waals surface area contributed by atoms with Crippen LogP contribution in [0.3, 0.4) is 0 Å². The van der Waals surface area contributed by atoms with Crippen molar-refractivity contribution < 1.29 is 9.78 Å². The van der Waals surface area contributed by atoms with E-state index in [-0.39, 0.29) is 5.69 Å². The van der Waals surface area contributed by atoms with Crippen LogP contribution < -0.4 is 16.0 Å². The second-order valence-corrected chi connectivity index (χ2v) is 6.21. The highest BCUT2D eigenvalue weighted by Crippen LogP contribution is 2.22. The zero-order valence-corrected chi connectivity index (χ0v) is 15.2. The van der Waals surface area contributed by atoms with E-state index in [2.05, 4.69) is 30.9 Å². The highest BCUT2D eigenvalue weighted by molar-refractivity contribution is 5.61. The average Bonchev–Trinajstić information content (AvgIpc) is 2.73. The first-order valence-corrected chi connectivity index (χ1v) is 8.89. The van der Waals surface area contributed by atoms with E-state index in [1.807, 2.05) is 12.1 Å². The topological polar surface area (TPSA) is 117 Å². The van der Waals surface area contributed by atoms with Crippen LogP contribution in [0.4, 0.5) is 17.3 Å². The van der Waals surface area contributed by atoms with Gasteiger partial charge in [-0.1, -0.05) is 6.42 Å². The highest BCUT2D eigenvalue weighted by Gasteiger charge is 2.14. The molecule has 9 nitrogen and oxygen atoms in total. The summed E-state index contributed by atoms with van der Waals surface area (Å²) in [4.78, 5) is 22.3. The lowest BCUT2D eigenvalue weighted by Crippen LogP contribution is -2.39. The Morgan fingerprint density at radius 3 is 2.81 bits per heavy atom. The smallest absolute Gasteiger partial charge is 0.158 e. The monoisotopic (exact) mass is 369 g/mol. The zero-order chi connectivity index (χ0) is 18.9. The van der Waals surface area contributed by atoms with Crippen molar-refractivity contribution in [2.24, 2.45) is 0 Å². The summed E-state index contributed by atoms with van der Waals surface area (Å²) in [5.74, 6) is 1.14. The number of hydrogen-bond donors (Lipinski definition) is 3. The first-order valence-electron chi connectivity index (χ1n) is 8.89. The third-order valence-corrected chi connectivity index (χ3v) is 4.29. The number of nitrogens with zero attached hydrogens (tertiary/aromatic N) is 4. The molecule has 0 saturated carbocycles. The molecule has 0 radical (unpaired) electrons. The van der Waals surface area contributed by atoms with Gasteiger partial charge in [-0.15, -0.1) is 0 Å². The first kappa shape index (κ1) is 19.0. The van der Waals surface area contributed by atoms with E-state index in [4.69, 9.17) is 15.0 Å². The summed E-state index contributed by atoms with van der Waals surface area (Å²) in [5, 5.41) is 18.9. The summed E-state index contributed by atoms with van der Waals surface area (Å²) in [6, 6.07) is 4.29. The van der Waals surface area contributed by atoms with Gasteiger partial charge in [0.25, 0.3) is 0 Å². The minimum atomic E-state index is 0.267. The Kier molecular flexibility index (Phi) is 6.87. The van der Waals surface area contributed by atoms with Crippen LogP contribution in [0.1, 0.15) is 30.5 Å². The molecule has 1 unspecified atom stereocenters. The molecule has 0 bridgehead atoms. The molecule has 1 saturated heterocycles. The van der Waals surface area contributed by atoms with E-state index in [9.17, 15) is 0 Å². The number of rotatable bonds is 8. The number of anilines is 3. The maximum absolute atomic E-state index is 8.80. The van der Waals surface area contributed by atoms with Crippen LogP contribution >= 0.6 is 0 Å². The molecule has 27 heavy (non-hydrogen) atoms. The Morgan fingerprint density at radius 2 is 2.11 bits per heavy atom. The molecule has 142 valence electrons. The molecule has 1 atom stereocenters. The van der Waals surface area contributed by atoms with Crippen LogP contribution in [-0.4, -0.2) is 41.2 Å². The fraction of sp³-hybridized carbons (Fsp3) is 0.444. The Bertz CT molecular complexity index is 770. The molecule has 0 aromatic carbocycles. The molecule has 2 aromatic heterocycles. The number of piperidine rings is 1. The minimum Gasteiger partial charge on any atom is -0.383 e. The van der Waals surface area contributed by atoms with Crippen LogP contribution in [0.5, 0.6) is 0 Å². The van der Waals surface area contributed by atoms with Crippen molar-refractivity contribution in [1.29, 1.82) is 5.26 Å². The van der Waals surface area contributed by atoms with Crippen molar-refractivity contribution in [1.82, 2.24) is 20.3 Å². The molecule has 9 heteroatoms. The molecule has 0 amide bonds. The quantitative estimate of drug-likeness (QED) is 0.475. The molecule has 0 spiro atoms. The minimum absolute atomic E-state index is 0.267. The number of hydrogen-bond acceptors (Lipinski definition) is 9. The van der Waals surface area contributed by atoms with E-state index in [0.717, 1.165) is 30.8 Å². The predicted octanol–water partition coefficient (Wildman–Crippen LogP) is 2.12. The summed E-state index contributed by atoms with van der Waals surface area (Å²) in [5.41, 5.74) is 2.07. The molecule has 3 N–H and O–H groups in total. The van der Waals surface area contributed by atoms with Gasteiger partial charge >= 0.3 is 0 Å². The van der Waals surface area contributed by atoms with Gasteiger partial charge in [0.15, 0.2) is 5.69 Å². The van der Waals surface area contributed by atoms with E-state index < -0.39 is 0 Å². The lowest BCUT2D eigenvalue weighted by atomic mass is 10.0. The molecule has 2 aromatic rings. The Labute approximate surface area is 158 Å². The normalized spacial score (nSPS) is 16.5. The Morgan fingerprint density at radius 1 is 1.22 bits per heavy atom. The molecule has 1 fully saturated rings. The second kappa shape index (κ2) is 9.78. The largest absolute Gasteiger partial charge is 0.383 e. The molecular formula is C18H23N7O2. The van der Waals surface area contributed by atoms with Crippen LogP contribution in [0.25, 0.3) is 0 Å². The zero-order valence-electron chi connectivity index (χ0n) is 15.2. The van der Waals surface area contributed by atoms with Crippen molar-refractivity contribution >= 4 is 17.3 Å². The maximum atomic E-state index is 8.80. The summed E-state index contributed by atoms with van der Waals surface area (Å²) in [6.07, 6.45) is 8.29. The summed E-state index contributed by atoms with van der Waals surface area (Å²) < 4.78 is 0. The van der Waals surface area contributed by atoms with Crippen molar-refractivity contribution in [2.75, 3.05) is 30.8 Å². The van der Waals surface area contributed by atoms with Crippen LogP contribution in [0, 0.1) is 11.3 Å². The number of aromatic nitrogens is 3. The van der Waals surface area contributed by atoms with Crippen LogP contribution in [0.2, 0.25) is 0 Å². The number of nitriles is 1. The van der Waals surface area contributed by atoms with Gasteiger partial charge in [0, 0.05) is 36.1 Å². The second-order valence-electron chi connectivity index (χ2n) is 6.21. The first-order chi connectivity index (χ1) is 13.3.